The third-order valence-corrected chi connectivity index (χ3v) is 6.37. The van der Waals surface area contributed by atoms with E-state index in [0.717, 1.165) is 31.8 Å². The lowest BCUT2D eigenvalue weighted by Gasteiger charge is -2.20. The van der Waals surface area contributed by atoms with Crippen LogP contribution in [0.25, 0.3) is 16.7 Å². The van der Waals surface area contributed by atoms with Crippen molar-refractivity contribution in [1.29, 1.82) is 0 Å². The molecule has 11 heteroatoms. The predicted molar refractivity (Wildman–Crippen MR) is 125 cm³/mol. The summed E-state index contributed by atoms with van der Waals surface area (Å²) in [6, 6.07) is 3.77. The number of anilines is 1. The molecule has 0 radical (unpaired) electrons. The number of pyridine rings is 1. The van der Waals surface area contributed by atoms with Crippen molar-refractivity contribution < 1.29 is 13.6 Å². The number of amides is 1. The first-order valence-electron chi connectivity index (χ1n) is 11.4. The van der Waals surface area contributed by atoms with Gasteiger partial charge in [0.25, 0.3) is 0 Å². The summed E-state index contributed by atoms with van der Waals surface area (Å²) in [7, 11) is 4.09. The normalized spacial score (nSPS) is 17.6. The number of hydrogen-bond acceptors (Lipinski definition) is 7. The third-order valence-electron chi connectivity index (χ3n) is 6.37. The summed E-state index contributed by atoms with van der Waals surface area (Å²) in [6.45, 7) is 5.88. The number of carbonyl (C=O) groups is 1. The van der Waals surface area contributed by atoms with Crippen molar-refractivity contribution in [2.24, 2.45) is 5.73 Å². The fourth-order valence-corrected chi connectivity index (χ4v) is 4.13. The first kappa shape index (κ1) is 23.9. The number of alkyl halides is 2. The van der Waals surface area contributed by atoms with Crippen molar-refractivity contribution in [2.75, 3.05) is 32.1 Å². The van der Waals surface area contributed by atoms with Gasteiger partial charge >= 0.3 is 5.92 Å². The number of likely N-dealkylation sites (N-methyl/N-ethyl adjacent to an activating group) is 1. The lowest BCUT2D eigenvalue weighted by Crippen LogP contribution is -2.31. The van der Waals surface area contributed by atoms with Crippen LogP contribution in [-0.4, -0.2) is 68.8 Å². The molecule has 1 saturated heterocycles. The molecule has 2 unspecified atom stereocenters. The molecule has 182 valence electrons. The van der Waals surface area contributed by atoms with Gasteiger partial charge in [-0.15, -0.1) is 5.10 Å². The number of carbonyl (C=O) groups excluding carboxylic acids is 1. The summed E-state index contributed by atoms with van der Waals surface area (Å²) in [5.41, 5.74) is 7.08. The summed E-state index contributed by atoms with van der Waals surface area (Å²) in [6.07, 6.45) is 3.11. The molecule has 0 spiro atoms. The van der Waals surface area contributed by atoms with Crippen molar-refractivity contribution in [3.63, 3.8) is 0 Å². The van der Waals surface area contributed by atoms with Crippen LogP contribution < -0.4 is 10.6 Å². The molecule has 1 amide bonds. The second-order valence-electron chi connectivity index (χ2n) is 9.12. The number of aryl methyl sites for hydroxylation is 1. The molecule has 4 heterocycles. The molecule has 4 rings (SSSR count). The highest BCUT2D eigenvalue weighted by molar-refractivity contribution is 5.92. The summed E-state index contributed by atoms with van der Waals surface area (Å²) < 4.78 is 29.9. The monoisotopic (exact) mass is 472 g/mol. The zero-order chi connectivity index (χ0) is 24.8. The zero-order valence-corrected chi connectivity index (χ0v) is 20.1. The van der Waals surface area contributed by atoms with E-state index >= 15 is 0 Å². The summed E-state index contributed by atoms with van der Waals surface area (Å²) in [5, 5.41) is 5.56. The number of halogens is 2. The first-order valence-corrected chi connectivity index (χ1v) is 11.4. The van der Waals surface area contributed by atoms with Crippen molar-refractivity contribution in [1.82, 2.24) is 29.6 Å². The lowest BCUT2D eigenvalue weighted by atomic mass is 10.1. The van der Waals surface area contributed by atoms with Crippen LogP contribution in [0, 0.1) is 0 Å². The molecular formula is C23H30F2N8O. The molecular weight excluding hydrogens is 442 g/mol. The van der Waals surface area contributed by atoms with Crippen molar-refractivity contribution in [2.45, 2.75) is 51.5 Å². The Balaban J connectivity index is 1.92. The van der Waals surface area contributed by atoms with Crippen LogP contribution in [0.3, 0.4) is 0 Å². The number of hydrogen-bond donors (Lipinski definition) is 1. The van der Waals surface area contributed by atoms with E-state index in [9.17, 15) is 13.6 Å². The topological polar surface area (TPSA) is 106 Å². The van der Waals surface area contributed by atoms with Gasteiger partial charge in [-0.1, -0.05) is 6.92 Å². The number of fused-ring (bicyclic) bond motifs is 1. The van der Waals surface area contributed by atoms with Crippen LogP contribution in [0.15, 0.2) is 18.3 Å². The Hall–Kier alpha value is -3.21. The Morgan fingerprint density at radius 3 is 2.65 bits per heavy atom. The Labute approximate surface area is 197 Å². The van der Waals surface area contributed by atoms with Crippen LogP contribution >= 0.6 is 0 Å². The minimum absolute atomic E-state index is 0.242. The molecule has 1 fully saturated rings. The Kier molecular flexibility index (Phi) is 6.24. The number of nitrogens with two attached hydrogens (primary N) is 1. The smallest absolute Gasteiger partial charge is 0.303 e. The molecule has 9 nitrogen and oxygen atoms in total. The second-order valence-corrected chi connectivity index (χ2v) is 9.12. The fraction of sp³-hybridized carbons (Fsp3) is 0.522. The number of primary amides is 1. The molecule has 34 heavy (non-hydrogen) atoms. The van der Waals surface area contributed by atoms with E-state index < -0.39 is 23.6 Å². The van der Waals surface area contributed by atoms with E-state index in [0.29, 0.717) is 35.2 Å². The molecule has 1 aliphatic rings. The van der Waals surface area contributed by atoms with E-state index in [1.807, 2.05) is 21.0 Å². The predicted octanol–water partition coefficient (Wildman–Crippen LogP) is 2.61. The zero-order valence-electron chi connectivity index (χ0n) is 20.1. The largest absolute Gasteiger partial charge is 0.369 e. The highest BCUT2D eigenvalue weighted by atomic mass is 19.3. The Morgan fingerprint density at radius 1 is 1.32 bits per heavy atom. The van der Waals surface area contributed by atoms with Gasteiger partial charge in [0.15, 0.2) is 11.6 Å². The maximum atomic E-state index is 14.2. The third kappa shape index (κ3) is 4.44. The van der Waals surface area contributed by atoms with Crippen LogP contribution in [0.2, 0.25) is 0 Å². The second kappa shape index (κ2) is 8.86. The lowest BCUT2D eigenvalue weighted by molar-refractivity contribution is -0.119. The van der Waals surface area contributed by atoms with Crippen LogP contribution in [0.4, 0.5) is 14.6 Å². The van der Waals surface area contributed by atoms with Gasteiger partial charge < -0.3 is 15.5 Å². The minimum atomic E-state index is -3.20. The van der Waals surface area contributed by atoms with Gasteiger partial charge in [0.05, 0.1) is 22.5 Å². The van der Waals surface area contributed by atoms with E-state index in [-0.39, 0.29) is 5.82 Å². The van der Waals surface area contributed by atoms with Crippen molar-refractivity contribution >= 4 is 22.6 Å². The Bertz CT molecular complexity index is 1220. The van der Waals surface area contributed by atoms with Crippen LogP contribution in [0.5, 0.6) is 0 Å². The molecule has 0 aliphatic carbocycles. The highest BCUT2D eigenvalue weighted by Crippen LogP contribution is 2.33. The Morgan fingerprint density at radius 2 is 2.06 bits per heavy atom. The molecule has 3 aromatic rings. The fourth-order valence-electron chi connectivity index (χ4n) is 4.13. The molecule has 1 aliphatic heterocycles. The van der Waals surface area contributed by atoms with Crippen LogP contribution in [0.1, 0.15) is 50.3 Å². The average Bonchev–Trinajstić information content (AvgIpc) is 3.42. The summed E-state index contributed by atoms with van der Waals surface area (Å²) in [5.74, 6) is -3.94. The van der Waals surface area contributed by atoms with Gasteiger partial charge in [0.1, 0.15) is 0 Å². The van der Waals surface area contributed by atoms with E-state index in [1.54, 1.807) is 29.9 Å². The van der Waals surface area contributed by atoms with E-state index in [1.165, 1.54) is 0 Å². The molecule has 0 bridgehead atoms. The number of nitrogens with zero attached hydrogens (tertiary/aromatic N) is 7. The maximum absolute atomic E-state index is 14.2. The molecule has 3 aromatic heterocycles. The molecule has 0 saturated carbocycles. The standard InChI is InChI=1S/C23H30F2N8O/c1-6-14-9-19(29-22(28-14)23(3,24)25)33-18-10-17(13(2)20(26)34)27-11-16(18)21(30-33)32-8-7-15(12-32)31(4)5/h9-11,13,15H,6-8,12H2,1-5H3,(H2,26,34). The van der Waals surface area contributed by atoms with Crippen molar-refractivity contribution in [3.8, 4) is 5.82 Å². The van der Waals surface area contributed by atoms with E-state index in [4.69, 9.17) is 10.8 Å². The summed E-state index contributed by atoms with van der Waals surface area (Å²) >= 11 is 0. The van der Waals surface area contributed by atoms with Gasteiger partial charge in [-0.2, -0.15) is 8.78 Å². The maximum Gasteiger partial charge on any atom is 0.303 e. The molecule has 0 aromatic carbocycles. The van der Waals surface area contributed by atoms with Gasteiger partial charge in [-0.3, -0.25) is 9.78 Å². The van der Waals surface area contributed by atoms with Gasteiger partial charge in [-0.05, 0) is 39.9 Å². The van der Waals surface area contributed by atoms with Gasteiger partial charge in [0, 0.05) is 44.0 Å². The number of aromatic nitrogens is 5. The first-order chi connectivity index (χ1) is 16.0. The highest BCUT2D eigenvalue weighted by Gasteiger charge is 2.31. The molecule has 2 atom stereocenters. The van der Waals surface area contributed by atoms with Gasteiger partial charge in [0.2, 0.25) is 11.7 Å². The number of rotatable bonds is 7. The molecule has 2 N–H and O–H groups in total. The van der Waals surface area contributed by atoms with E-state index in [2.05, 4.69) is 24.8 Å². The SMILES string of the molecule is CCc1cc(-n2nc(N3CCC(N(C)C)C3)c3cnc(C(C)C(N)=O)cc32)nc(C(C)(F)F)n1. The minimum Gasteiger partial charge on any atom is -0.369 e. The quantitative estimate of drug-likeness (QED) is 0.563. The van der Waals surface area contributed by atoms with Crippen molar-refractivity contribution in [3.05, 3.63) is 35.5 Å². The summed E-state index contributed by atoms with van der Waals surface area (Å²) in [4.78, 5) is 28.8. The van der Waals surface area contributed by atoms with Crippen LogP contribution in [-0.2, 0) is 17.1 Å². The van der Waals surface area contributed by atoms with Gasteiger partial charge in [-0.25, -0.2) is 14.6 Å². The average molecular weight is 473 g/mol.